The van der Waals surface area contributed by atoms with Crippen LogP contribution in [0.2, 0.25) is 0 Å². The second-order valence-electron chi connectivity index (χ2n) is 10.4. The minimum atomic E-state index is -1.03. The van der Waals surface area contributed by atoms with Crippen LogP contribution in [0.5, 0.6) is 0 Å². The fraction of sp³-hybridized carbons (Fsp3) is 0.480. The minimum Gasteiger partial charge on any atom is -0.483 e. The zero-order valence-corrected chi connectivity index (χ0v) is 28.4. The Labute approximate surface area is 285 Å². The van der Waals surface area contributed by atoms with Gasteiger partial charge in [0.15, 0.2) is 5.13 Å². The smallest absolute Gasteiger partial charge is 0.357 e. The topological polar surface area (TPSA) is 282 Å². The number of carbonyl (C=O) groups excluding carboxylic acids is 4. The van der Waals surface area contributed by atoms with Crippen molar-refractivity contribution in [1.82, 2.24) is 39.8 Å². The van der Waals surface area contributed by atoms with Crippen LogP contribution in [-0.4, -0.2) is 118 Å². The van der Waals surface area contributed by atoms with Crippen molar-refractivity contribution in [3.8, 4) is 0 Å². The van der Waals surface area contributed by atoms with Crippen LogP contribution in [0, 0.1) is 5.41 Å². The van der Waals surface area contributed by atoms with Gasteiger partial charge in [-0.05, 0) is 36.8 Å². The number of ether oxygens (including phenoxy) is 2. The molecule has 0 spiro atoms. The Balaban J connectivity index is 0.00000201. The maximum atomic E-state index is 13.5. The molecule has 2 atom stereocenters. The molecule has 260 valence electrons. The summed E-state index contributed by atoms with van der Waals surface area (Å²) in [5.41, 5.74) is 10.7. The maximum absolute atomic E-state index is 13.5. The first kappa shape index (κ1) is 37.8. The van der Waals surface area contributed by atoms with Crippen molar-refractivity contribution in [3.05, 3.63) is 29.7 Å². The normalized spacial score (nSPS) is 17.3. The zero-order chi connectivity index (χ0) is 35.4. The van der Waals surface area contributed by atoms with Gasteiger partial charge in [-0.2, -0.15) is 9.36 Å². The largest absolute Gasteiger partial charge is 0.483 e. The van der Waals surface area contributed by atoms with Gasteiger partial charge in [0.2, 0.25) is 23.5 Å². The van der Waals surface area contributed by atoms with Gasteiger partial charge >= 0.3 is 11.9 Å². The number of carbonyl (C=O) groups is 5. The number of aromatic nitrogens is 6. The van der Waals surface area contributed by atoms with Gasteiger partial charge in [-0.25, -0.2) is 9.48 Å². The van der Waals surface area contributed by atoms with Crippen LogP contribution >= 0.6 is 35.1 Å². The van der Waals surface area contributed by atoms with E-state index in [0.717, 1.165) is 11.5 Å². The van der Waals surface area contributed by atoms with Crippen LogP contribution in [0.1, 0.15) is 26.6 Å². The summed E-state index contributed by atoms with van der Waals surface area (Å²) in [6, 6.07) is -1.03. The first-order valence-electron chi connectivity index (χ1n) is 13.8. The number of carboxylic acid groups (broad SMARTS) is 1. The fourth-order valence-corrected chi connectivity index (χ4v) is 6.62. The number of fused-ring (bicyclic) bond motifs is 1. The summed E-state index contributed by atoms with van der Waals surface area (Å²) in [4.78, 5) is 70.9. The summed E-state index contributed by atoms with van der Waals surface area (Å²) >= 11 is 3.43. The molecule has 0 aliphatic carbocycles. The molecule has 1 saturated heterocycles. The molecule has 0 aromatic carbocycles. The predicted molar refractivity (Wildman–Crippen MR) is 172 cm³/mol. The number of hydrogen-bond acceptors (Lipinski definition) is 19. The summed E-state index contributed by atoms with van der Waals surface area (Å²) < 4.78 is 15.9. The lowest BCUT2D eigenvalue weighted by Crippen LogP contribution is -2.71. The van der Waals surface area contributed by atoms with Crippen molar-refractivity contribution in [3.63, 3.8) is 0 Å². The van der Waals surface area contributed by atoms with Gasteiger partial charge in [-0.15, -0.1) is 16.9 Å². The molecule has 48 heavy (non-hydrogen) atoms. The standard InChI is InChI=1S/C24H31N11O7S3.CH2O2/c1-5-8-42-30-13(16-28-22(26)45-31-16)17(36)27-14-18(37)35-15(20(38)40-11-41-21(39)24(2,3)4)12(9-43-19(14)35)10-44-23-29-32-33-34(23)7-6-25;2-1-3/h5,14,19H,1,6-11,25H2,2-4H3,(H,27,36)(H2,26,28,31);1H,(H,2,3)/t14?,19-;/m0./s1. The Kier molecular flexibility index (Phi) is 13.8. The van der Waals surface area contributed by atoms with Gasteiger partial charge in [-0.3, -0.25) is 24.1 Å². The molecule has 0 bridgehead atoms. The highest BCUT2D eigenvalue weighted by atomic mass is 32.2. The van der Waals surface area contributed by atoms with E-state index in [2.05, 4.69) is 41.9 Å². The van der Waals surface area contributed by atoms with E-state index >= 15 is 0 Å². The third kappa shape index (κ3) is 9.48. The molecule has 23 heteroatoms. The van der Waals surface area contributed by atoms with Crippen LogP contribution in [0.4, 0.5) is 5.13 Å². The summed E-state index contributed by atoms with van der Waals surface area (Å²) in [5, 5.41) is 24.8. The summed E-state index contributed by atoms with van der Waals surface area (Å²) in [6.45, 7) is 8.31. The quantitative estimate of drug-likeness (QED) is 0.0213. The molecule has 0 radical (unpaired) electrons. The van der Waals surface area contributed by atoms with Crippen LogP contribution < -0.4 is 16.8 Å². The Hall–Kier alpha value is -4.61. The average molecular weight is 728 g/mol. The molecule has 2 aliphatic rings. The number of thioether (sulfide) groups is 2. The number of nitrogens with two attached hydrogens (primary N) is 2. The second-order valence-corrected chi connectivity index (χ2v) is 13.2. The second kappa shape index (κ2) is 17.5. The monoisotopic (exact) mass is 727 g/mol. The summed E-state index contributed by atoms with van der Waals surface area (Å²) in [7, 11) is 0. The lowest BCUT2D eigenvalue weighted by atomic mass is 9.98. The molecule has 6 N–H and O–H groups in total. The molecular weight excluding hydrogens is 695 g/mol. The number of β-lactam (4-membered cyclic amide) rings is 1. The number of nitrogen functional groups attached to an aromatic ring is 1. The van der Waals surface area contributed by atoms with Crippen LogP contribution in [-0.2, 0) is 44.8 Å². The van der Waals surface area contributed by atoms with Crippen molar-refractivity contribution in [2.75, 3.05) is 37.2 Å². The van der Waals surface area contributed by atoms with Crippen molar-refractivity contribution in [1.29, 1.82) is 0 Å². The third-order valence-electron chi connectivity index (χ3n) is 5.95. The van der Waals surface area contributed by atoms with Crippen LogP contribution in [0.3, 0.4) is 0 Å². The molecule has 2 aliphatic heterocycles. The lowest BCUT2D eigenvalue weighted by molar-refractivity contribution is -0.173. The van der Waals surface area contributed by atoms with Gasteiger partial charge in [0.25, 0.3) is 18.3 Å². The summed E-state index contributed by atoms with van der Waals surface area (Å²) in [6.07, 6.45) is 1.43. The van der Waals surface area contributed by atoms with Gasteiger partial charge in [0.05, 0.1) is 12.0 Å². The van der Waals surface area contributed by atoms with E-state index < -0.39 is 47.4 Å². The van der Waals surface area contributed by atoms with Crippen molar-refractivity contribution < 1.29 is 43.4 Å². The number of anilines is 1. The Morgan fingerprint density at radius 2 is 2.02 bits per heavy atom. The molecule has 20 nitrogen and oxygen atoms in total. The third-order valence-corrected chi connectivity index (χ3v) is 8.88. The molecule has 4 heterocycles. The number of esters is 2. The molecule has 2 amide bonds. The van der Waals surface area contributed by atoms with Crippen molar-refractivity contribution >= 4 is 76.1 Å². The Morgan fingerprint density at radius 1 is 1.29 bits per heavy atom. The predicted octanol–water partition coefficient (Wildman–Crippen LogP) is -0.791. The van der Waals surface area contributed by atoms with E-state index in [4.69, 9.17) is 35.7 Å². The molecule has 4 rings (SSSR count). The maximum Gasteiger partial charge on any atom is 0.357 e. The lowest BCUT2D eigenvalue weighted by Gasteiger charge is -2.49. The van der Waals surface area contributed by atoms with Crippen LogP contribution in [0.25, 0.3) is 0 Å². The number of nitrogens with one attached hydrogen (secondary N) is 1. The van der Waals surface area contributed by atoms with Crippen LogP contribution in [0.15, 0.2) is 34.2 Å². The number of amides is 2. The minimum absolute atomic E-state index is 0.00568. The van der Waals surface area contributed by atoms with E-state index in [1.165, 1.54) is 39.2 Å². The number of tetrazole rings is 1. The molecule has 2 aromatic heterocycles. The molecule has 1 fully saturated rings. The van der Waals surface area contributed by atoms with Gasteiger partial charge < -0.3 is 36.2 Å². The van der Waals surface area contributed by atoms with E-state index in [0.29, 0.717) is 29.6 Å². The number of hydrogen-bond donors (Lipinski definition) is 4. The highest BCUT2D eigenvalue weighted by Crippen LogP contribution is 2.42. The number of rotatable bonds is 14. The van der Waals surface area contributed by atoms with E-state index in [9.17, 15) is 19.2 Å². The first-order valence-corrected chi connectivity index (χ1v) is 16.6. The summed E-state index contributed by atoms with van der Waals surface area (Å²) in [5.74, 6) is -2.36. The van der Waals surface area contributed by atoms with Gasteiger partial charge in [0.1, 0.15) is 23.7 Å². The Bertz CT molecular complexity index is 1570. The molecule has 2 aromatic rings. The average Bonchev–Trinajstić information content (AvgIpc) is 3.68. The zero-order valence-electron chi connectivity index (χ0n) is 25.9. The Morgan fingerprint density at radius 3 is 2.65 bits per heavy atom. The van der Waals surface area contributed by atoms with Gasteiger partial charge in [0, 0.05) is 29.6 Å². The SMILES string of the molecule is C=CCON=C(C(=O)NC1C(=O)N2C(C(=O)OCOC(=O)C(C)(C)C)=C(CSc3nnnn3CCN)CS[C@@H]12)c1nsc(N)n1.O=CO. The van der Waals surface area contributed by atoms with Crippen molar-refractivity contribution in [2.24, 2.45) is 16.3 Å². The fourth-order valence-electron chi connectivity index (χ4n) is 3.80. The highest BCUT2D eigenvalue weighted by Gasteiger charge is 2.55. The van der Waals surface area contributed by atoms with E-state index in [1.54, 1.807) is 20.8 Å². The molecule has 0 saturated carbocycles. The molecular formula is C25H33N11O9S3. The highest BCUT2D eigenvalue weighted by molar-refractivity contribution is 8.01. The van der Waals surface area contributed by atoms with E-state index in [-0.39, 0.29) is 41.2 Å². The molecule has 1 unspecified atom stereocenters. The number of nitrogens with zero attached hydrogens (tertiary/aromatic N) is 8. The van der Waals surface area contributed by atoms with E-state index in [1.807, 2.05) is 0 Å². The van der Waals surface area contributed by atoms with Gasteiger partial charge in [-0.1, -0.05) is 29.6 Å². The van der Waals surface area contributed by atoms with Crippen molar-refractivity contribution in [2.45, 2.75) is 43.9 Å². The first-order chi connectivity index (χ1) is 22.9. The number of oxime groups is 1.